The monoisotopic (exact) mass is 315 g/mol. The van der Waals surface area contributed by atoms with E-state index in [0.29, 0.717) is 12.8 Å². The molecule has 0 unspecified atom stereocenters. The number of amides is 1. The summed E-state index contributed by atoms with van der Waals surface area (Å²) in [5.74, 6) is -0.460. The predicted molar refractivity (Wildman–Crippen MR) is 85.5 cm³/mol. The number of ether oxygens (including phenoxy) is 1. The Morgan fingerprint density at radius 1 is 1.30 bits per heavy atom. The van der Waals surface area contributed by atoms with E-state index in [-0.39, 0.29) is 24.3 Å². The molecule has 0 aliphatic rings. The molecule has 0 spiro atoms. The number of esters is 1. The lowest BCUT2D eigenvalue weighted by Crippen LogP contribution is -2.30. The molecule has 0 fully saturated rings. The Labute approximate surface area is 135 Å². The van der Waals surface area contributed by atoms with Crippen LogP contribution in [0.25, 0.3) is 0 Å². The molecule has 2 aromatic rings. The summed E-state index contributed by atoms with van der Waals surface area (Å²) in [6.45, 7) is 0. The maximum absolute atomic E-state index is 12.2. The Morgan fingerprint density at radius 3 is 2.65 bits per heavy atom. The maximum Gasteiger partial charge on any atom is 0.307 e. The van der Waals surface area contributed by atoms with Crippen LogP contribution < -0.4 is 5.32 Å². The number of aryl methyl sites for hydroxylation is 2. The fourth-order valence-corrected chi connectivity index (χ4v) is 2.31. The molecule has 2 rings (SSSR count). The number of methoxy groups -OCH3 is 1. The SMILES string of the molecule is COC(=O)C[C@@H](NC(=O)CCc1cnn(C)c1)c1ccccc1. The summed E-state index contributed by atoms with van der Waals surface area (Å²) >= 11 is 0. The van der Waals surface area contributed by atoms with Crippen molar-refractivity contribution in [1.82, 2.24) is 15.1 Å². The van der Waals surface area contributed by atoms with Gasteiger partial charge in [0.2, 0.25) is 5.91 Å². The van der Waals surface area contributed by atoms with Crippen LogP contribution in [0.3, 0.4) is 0 Å². The van der Waals surface area contributed by atoms with Crippen LogP contribution in [0.15, 0.2) is 42.7 Å². The zero-order valence-electron chi connectivity index (χ0n) is 13.4. The lowest BCUT2D eigenvalue weighted by atomic mass is 10.0. The highest BCUT2D eigenvalue weighted by molar-refractivity contribution is 5.78. The summed E-state index contributed by atoms with van der Waals surface area (Å²) in [5.41, 5.74) is 1.89. The lowest BCUT2D eigenvalue weighted by Gasteiger charge is -2.18. The Bertz CT molecular complexity index is 652. The third-order valence-electron chi connectivity index (χ3n) is 3.53. The number of nitrogens with zero attached hydrogens (tertiary/aromatic N) is 2. The van der Waals surface area contributed by atoms with E-state index in [0.717, 1.165) is 11.1 Å². The highest BCUT2D eigenvalue weighted by Gasteiger charge is 2.18. The first-order chi connectivity index (χ1) is 11.1. The second kappa shape index (κ2) is 8.12. The Kier molecular flexibility index (Phi) is 5.91. The maximum atomic E-state index is 12.2. The van der Waals surface area contributed by atoms with Gasteiger partial charge in [0.25, 0.3) is 0 Å². The number of aromatic nitrogens is 2. The van der Waals surface area contributed by atoms with Crippen LogP contribution in [-0.2, 0) is 27.8 Å². The quantitative estimate of drug-likeness (QED) is 0.790. The molecule has 6 heteroatoms. The second-order valence-electron chi connectivity index (χ2n) is 5.33. The highest BCUT2D eigenvalue weighted by atomic mass is 16.5. The topological polar surface area (TPSA) is 73.2 Å². The molecule has 1 heterocycles. The van der Waals surface area contributed by atoms with E-state index in [1.165, 1.54) is 7.11 Å². The highest BCUT2D eigenvalue weighted by Crippen LogP contribution is 2.17. The number of rotatable bonds is 7. The number of nitrogens with one attached hydrogen (secondary N) is 1. The van der Waals surface area contributed by atoms with Crippen LogP contribution in [0.1, 0.15) is 30.0 Å². The van der Waals surface area contributed by atoms with Gasteiger partial charge < -0.3 is 10.1 Å². The summed E-state index contributed by atoms with van der Waals surface area (Å²) < 4.78 is 6.42. The first-order valence-electron chi connectivity index (χ1n) is 7.47. The van der Waals surface area contributed by atoms with Gasteiger partial charge in [-0.1, -0.05) is 30.3 Å². The van der Waals surface area contributed by atoms with Crippen LogP contribution in [-0.4, -0.2) is 28.8 Å². The normalized spacial score (nSPS) is 11.7. The fraction of sp³-hybridized carbons (Fsp3) is 0.353. The summed E-state index contributed by atoms with van der Waals surface area (Å²) in [7, 11) is 3.18. The van der Waals surface area contributed by atoms with E-state index >= 15 is 0 Å². The van der Waals surface area contributed by atoms with Crippen molar-refractivity contribution >= 4 is 11.9 Å². The van der Waals surface area contributed by atoms with Crippen molar-refractivity contribution in [2.45, 2.75) is 25.3 Å². The van der Waals surface area contributed by atoms with Crippen molar-refractivity contribution in [1.29, 1.82) is 0 Å². The van der Waals surface area contributed by atoms with Gasteiger partial charge in [-0.05, 0) is 17.5 Å². The minimum absolute atomic E-state index is 0.105. The van der Waals surface area contributed by atoms with E-state index in [2.05, 4.69) is 10.4 Å². The molecule has 23 heavy (non-hydrogen) atoms. The van der Waals surface area contributed by atoms with E-state index in [9.17, 15) is 9.59 Å². The van der Waals surface area contributed by atoms with Crippen molar-refractivity contribution in [3.8, 4) is 0 Å². The third-order valence-corrected chi connectivity index (χ3v) is 3.53. The van der Waals surface area contributed by atoms with E-state index in [4.69, 9.17) is 4.74 Å². The van der Waals surface area contributed by atoms with Crippen molar-refractivity contribution < 1.29 is 14.3 Å². The summed E-state index contributed by atoms with van der Waals surface area (Å²) in [4.78, 5) is 23.8. The summed E-state index contributed by atoms with van der Waals surface area (Å²) in [6, 6.07) is 9.03. The molecule has 0 aliphatic heterocycles. The molecule has 0 aliphatic carbocycles. The number of hydrogen-bond acceptors (Lipinski definition) is 4. The molecule has 0 saturated heterocycles. The number of benzene rings is 1. The van der Waals surface area contributed by atoms with Gasteiger partial charge in [-0.2, -0.15) is 5.10 Å². The predicted octanol–water partition coefficient (Wildman–Crippen LogP) is 1.77. The van der Waals surface area contributed by atoms with Gasteiger partial charge >= 0.3 is 5.97 Å². The van der Waals surface area contributed by atoms with Gasteiger partial charge in [-0.3, -0.25) is 14.3 Å². The molecule has 122 valence electrons. The van der Waals surface area contributed by atoms with Crippen LogP contribution >= 0.6 is 0 Å². The van der Waals surface area contributed by atoms with Gasteiger partial charge in [-0.25, -0.2) is 0 Å². The lowest BCUT2D eigenvalue weighted by molar-refractivity contribution is -0.141. The van der Waals surface area contributed by atoms with Crippen molar-refractivity contribution in [2.75, 3.05) is 7.11 Å². The summed E-state index contributed by atoms with van der Waals surface area (Å²) in [6.07, 6.45) is 4.70. The van der Waals surface area contributed by atoms with Crippen molar-refractivity contribution in [3.05, 3.63) is 53.9 Å². The molecule has 0 saturated carbocycles. The standard InChI is InChI=1S/C17H21N3O3/c1-20-12-13(11-18-20)8-9-16(21)19-15(10-17(22)23-2)14-6-4-3-5-7-14/h3-7,11-12,15H,8-10H2,1-2H3,(H,19,21)/t15-/m1/s1. The minimum Gasteiger partial charge on any atom is -0.469 e. The molecular weight excluding hydrogens is 294 g/mol. The number of carbonyl (C=O) groups is 2. The Morgan fingerprint density at radius 2 is 2.04 bits per heavy atom. The van der Waals surface area contributed by atoms with Gasteiger partial charge in [0.1, 0.15) is 0 Å². The van der Waals surface area contributed by atoms with E-state index in [1.54, 1.807) is 10.9 Å². The van der Waals surface area contributed by atoms with Gasteiger partial charge in [-0.15, -0.1) is 0 Å². The van der Waals surface area contributed by atoms with Crippen LogP contribution in [0.5, 0.6) is 0 Å². The van der Waals surface area contributed by atoms with Crippen LogP contribution in [0, 0.1) is 0 Å². The molecule has 0 bridgehead atoms. The average molecular weight is 315 g/mol. The summed E-state index contributed by atoms with van der Waals surface area (Å²) in [5, 5.41) is 6.99. The number of hydrogen-bond donors (Lipinski definition) is 1. The molecular formula is C17H21N3O3. The fourth-order valence-electron chi connectivity index (χ4n) is 2.31. The van der Waals surface area contributed by atoms with Gasteiger partial charge in [0, 0.05) is 19.7 Å². The molecule has 0 radical (unpaired) electrons. The first kappa shape index (κ1) is 16.7. The van der Waals surface area contributed by atoms with E-state index in [1.807, 2.05) is 43.6 Å². The Hall–Kier alpha value is -2.63. The van der Waals surface area contributed by atoms with E-state index < -0.39 is 0 Å². The second-order valence-corrected chi connectivity index (χ2v) is 5.33. The molecule has 1 aromatic carbocycles. The smallest absolute Gasteiger partial charge is 0.307 e. The molecule has 1 atom stereocenters. The zero-order valence-corrected chi connectivity index (χ0v) is 13.4. The Balaban J connectivity index is 1.96. The van der Waals surface area contributed by atoms with Crippen molar-refractivity contribution in [2.24, 2.45) is 7.05 Å². The first-order valence-corrected chi connectivity index (χ1v) is 7.47. The van der Waals surface area contributed by atoms with Crippen LogP contribution in [0.2, 0.25) is 0 Å². The molecule has 1 N–H and O–H groups in total. The number of carbonyl (C=O) groups excluding carboxylic acids is 2. The molecule has 1 amide bonds. The average Bonchev–Trinajstić information content (AvgIpc) is 2.98. The van der Waals surface area contributed by atoms with Gasteiger partial charge in [0.15, 0.2) is 0 Å². The zero-order chi connectivity index (χ0) is 16.7. The molecule has 1 aromatic heterocycles. The van der Waals surface area contributed by atoms with Gasteiger partial charge in [0.05, 0.1) is 25.8 Å². The van der Waals surface area contributed by atoms with Crippen molar-refractivity contribution in [3.63, 3.8) is 0 Å². The largest absolute Gasteiger partial charge is 0.469 e. The third kappa shape index (κ3) is 5.25. The molecule has 6 nitrogen and oxygen atoms in total. The minimum atomic E-state index is -0.384. The van der Waals surface area contributed by atoms with Crippen LogP contribution in [0.4, 0.5) is 0 Å².